The first-order valence-electron chi connectivity index (χ1n) is 10.7. The minimum absolute atomic E-state index is 0.182. The second kappa shape index (κ2) is 8.88. The van der Waals surface area contributed by atoms with Gasteiger partial charge in [-0.2, -0.15) is 0 Å². The summed E-state index contributed by atoms with van der Waals surface area (Å²) in [6.45, 7) is 7.20. The molecule has 3 aromatic rings. The molecule has 0 radical (unpaired) electrons. The molecule has 0 saturated carbocycles. The Kier molecular flexibility index (Phi) is 6.08. The molecule has 8 nitrogen and oxygen atoms in total. The standard InChI is InChI=1S/C26H22ClN3O5/c1-13-10-17(25(33)34)8-9-21(13)29-14(2)11-18(16(29)4)12-19-23(31)28-26(35)30(24(19)32)22-7-5-6-20(27)15(22)3/h5-12H,1-4H3,(H,33,34)(H,28,31,35)/b19-12+. The van der Waals surface area contributed by atoms with Gasteiger partial charge in [0, 0.05) is 22.1 Å². The first kappa shape index (κ1) is 24.0. The van der Waals surface area contributed by atoms with Crippen LogP contribution in [-0.4, -0.2) is 33.5 Å². The van der Waals surface area contributed by atoms with Crippen LogP contribution < -0.4 is 10.2 Å². The van der Waals surface area contributed by atoms with Crippen molar-refractivity contribution >= 4 is 47.2 Å². The van der Waals surface area contributed by atoms with Crippen molar-refractivity contribution in [3.05, 3.63) is 86.7 Å². The Bertz CT molecular complexity index is 1470. The lowest BCUT2D eigenvalue weighted by Gasteiger charge is -2.27. The van der Waals surface area contributed by atoms with Gasteiger partial charge < -0.3 is 9.67 Å². The predicted molar refractivity (Wildman–Crippen MR) is 132 cm³/mol. The lowest BCUT2D eigenvalue weighted by molar-refractivity contribution is -0.122. The Hall–Kier alpha value is -4.17. The zero-order valence-corrected chi connectivity index (χ0v) is 20.2. The number of urea groups is 1. The van der Waals surface area contributed by atoms with Crippen LogP contribution >= 0.6 is 11.6 Å². The molecule has 0 aliphatic carbocycles. The van der Waals surface area contributed by atoms with E-state index in [0.29, 0.717) is 16.1 Å². The summed E-state index contributed by atoms with van der Waals surface area (Å²) in [4.78, 5) is 50.7. The summed E-state index contributed by atoms with van der Waals surface area (Å²) in [5.41, 5.74) is 4.52. The number of anilines is 1. The van der Waals surface area contributed by atoms with Crippen molar-refractivity contribution in [2.24, 2.45) is 0 Å². The molecular weight excluding hydrogens is 470 g/mol. The molecule has 1 saturated heterocycles. The Balaban J connectivity index is 1.79. The molecule has 35 heavy (non-hydrogen) atoms. The fraction of sp³-hybridized carbons (Fsp3) is 0.154. The molecule has 2 heterocycles. The lowest BCUT2D eigenvalue weighted by atomic mass is 10.1. The van der Waals surface area contributed by atoms with Crippen LogP contribution in [0.15, 0.2) is 48.0 Å². The topological polar surface area (TPSA) is 109 Å². The molecule has 4 rings (SSSR count). The molecule has 0 atom stereocenters. The molecule has 1 aromatic heterocycles. The third-order valence-corrected chi connectivity index (χ3v) is 6.45. The number of amides is 4. The Labute approximate surface area is 206 Å². The SMILES string of the molecule is Cc1cc(C(=O)O)ccc1-n1c(C)cc(/C=C2\C(=O)NC(=O)N(c3cccc(Cl)c3C)C2=O)c1C. The van der Waals surface area contributed by atoms with E-state index in [4.69, 9.17) is 11.6 Å². The fourth-order valence-electron chi connectivity index (χ4n) is 4.21. The van der Waals surface area contributed by atoms with Crippen LogP contribution in [0.3, 0.4) is 0 Å². The van der Waals surface area contributed by atoms with E-state index in [0.717, 1.165) is 27.5 Å². The minimum atomic E-state index is -1.01. The molecule has 0 spiro atoms. The number of hydrogen-bond acceptors (Lipinski definition) is 4. The summed E-state index contributed by atoms with van der Waals surface area (Å²) in [7, 11) is 0. The summed E-state index contributed by atoms with van der Waals surface area (Å²) in [5, 5.41) is 11.9. The first-order valence-corrected chi connectivity index (χ1v) is 11.1. The van der Waals surface area contributed by atoms with Gasteiger partial charge in [0.25, 0.3) is 11.8 Å². The third kappa shape index (κ3) is 4.13. The highest BCUT2D eigenvalue weighted by atomic mass is 35.5. The van der Waals surface area contributed by atoms with E-state index in [1.807, 2.05) is 31.4 Å². The number of nitrogens with one attached hydrogen (secondary N) is 1. The molecule has 0 bridgehead atoms. The average Bonchev–Trinajstić information content (AvgIpc) is 3.06. The number of halogens is 1. The number of imide groups is 2. The van der Waals surface area contributed by atoms with Crippen molar-refractivity contribution in [3.63, 3.8) is 0 Å². The van der Waals surface area contributed by atoms with Crippen molar-refractivity contribution in [1.82, 2.24) is 9.88 Å². The maximum absolute atomic E-state index is 13.3. The summed E-state index contributed by atoms with van der Waals surface area (Å²) in [6.07, 6.45) is 1.46. The normalized spacial score (nSPS) is 15.1. The van der Waals surface area contributed by atoms with Crippen molar-refractivity contribution in [2.45, 2.75) is 27.7 Å². The molecule has 9 heteroatoms. The summed E-state index contributed by atoms with van der Waals surface area (Å²) < 4.78 is 1.92. The van der Waals surface area contributed by atoms with E-state index in [-0.39, 0.29) is 16.8 Å². The molecule has 1 aliphatic rings. The maximum Gasteiger partial charge on any atom is 0.335 e. The van der Waals surface area contributed by atoms with Gasteiger partial charge in [0.15, 0.2) is 0 Å². The number of aryl methyl sites for hydroxylation is 2. The minimum Gasteiger partial charge on any atom is -0.478 e. The van der Waals surface area contributed by atoms with Gasteiger partial charge in [-0.3, -0.25) is 14.9 Å². The molecule has 1 fully saturated rings. The number of carbonyl (C=O) groups is 4. The van der Waals surface area contributed by atoms with Gasteiger partial charge in [0.2, 0.25) is 0 Å². The van der Waals surface area contributed by atoms with E-state index in [1.54, 1.807) is 37.3 Å². The number of benzene rings is 2. The second-order valence-corrected chi connectivity index (χ2v) is 8.72. The second-order valence-electron chi connectivity index (χ2n) is 8.31. The number of aromatic nitrogens is 1. The monoisotopic (exact) mass is 491 g/mol. The summed E-state index contributed by atoms with van der Waals surface area (Å²) in [5.74, 6) is -2.56. The number of barbiturate groups is 1. The van der Waals surface area contributed by atoms with Crippen LogP contribution in [0, 0.1) is 27.7 Å². The zero-order valence-electron chi connectivity index (χ0n) is 19.5. The smallest absolute Gasteiger partial charge is 0.335 e. The molecule has 1 aliphatic heterocycles. The van der Waals surface area contributed by atoms with E-state index >= 15 is 0 Å². The van der Waals surface area contributed by atoms with E-state index in [1.165, 1.54) is 12.1 Å². The number of carboxylic acid groups (broad SMARTS) is 1. The highest BCUT2D eigenvalue weighted by Crippen LogP contribution is 2.31. The van der Waals surface area contributed by atoms with Gasteiger partial charge in [-0.25, -0.2) is 14.5 Å². The van der Waals surface area contributed by atoms with Crippen molar-refractivity contribution in [2.75, 3.05) is 4.90 Å². The average molecular weight is 492 g/mol. The van der Waals surface area contributed by atoms with Crippen LogP contribution in [0.2, 0.25) is 5.02 Å². The number of carboxylic acids is 1. The number of aromatic carboxylic acids is 1. The van der Waals surface area contributed by atoms with Crippen molar-refractivity contribution < 1.29 is 24.3 Å². The molecule has 2 N–H and O–H groups in total. The van der Waals surface area contributed by atoms with Gasteiger partial charge in [-0.15, -0.1) is 0 Å². The van der Waals surface area contributed by atoms with Crippen LogP contribution in [-0.2, 0) is 9.59 Å². The first-order chi connectivity index (χ1) is 16.5. The Morgan fingerprint density at radius 2 is 1.71 bits per heavy atom. The quantitative estimate of drug-likeness (QED) is 0.405. The summed E-state index contributed by atoms with van der Waals surface area (Å²) in [6, 6.07) is 10.7. The highest BCUT2D eigenvalue weighted by Gasteiger charge is 2.37. The predicted octanol–water partition coefficient (Wildman–Crippen LogP) is 4.73. The molecule has 0 unspecified atom stereocenters. The van der Waals surface area contributed by atoms with Crippen LogP contribution in [0.4, 0.5) is 10.5 Å². The summed E-state index contributed by atoms with van der Waals surface area (Å²) >= 11 is 6.18. The third-order valence-electron chi connectivity index (χ3n) is 6.04. The highest BCUT2D eigenvalue weighted by molar-refractivity contribution is 6.40. The fourth-order valence-corrected chi connectivity index (χ4v) is 4.38. The van der Waals surface area contributed by atoms with Crippen molar-refractivity contribution in [1.29, 1.82) is 0 Å². The van der Waals surface area contributed by atoms with Crippen LogP contribution in [0.5, 0.6) is 0 Å². The maximum atomic E-state index is 13.3. The van der Waals surface area contributed by atoms with E-state index in [2.05, 4.69) is 5.32 Å². The molecule has 4 amide bonds. The lowest BCUT2D eigenvalue weighted by Crippen LogP contribution is -2.54. The molecular formula is C26H22ClN3O5. The van der Waals surface area contributed by atoms with E-state index in [9.17, 15) is 24.3 Å². The molecule has 178 valence electrons. The van der Waals surface area contributed by atoms with Crippen molar-refractivity contribution in [3.8, 4) is 5.69 Å². The van der Waals surface area contributed by atoms with Crippen LogP contribution in [0.1, 0.15) is 38.4 Å². The number of rotatable bonds is 4. The van der Waals surface area contributed by atoms with Crippen LogP contribution in [0.25, 0.3) is 11.8 Å². The van der Waals surface area contributed by atoms with Gasteiger partial charge >= 0.3 is 12.0 Å². The zero-order chi connectivity index (χ0) is 25.6. The Morgan fingerprint density at radius 1 is 1.00 bits per heavy atom. The number of nitrogens with zero attached hydrogens (tertiary/aromatic N) is 2. The van der Waals surface area contributed by atoms with Gasteiger partial charge in [-0.1, -0.05) is 17.7 Å². The number of carbonyl (C=O) groups excluding carboxylic acids is 3. The van der Waals surface area contributed by atoms with E-state index < -0.39 is 23.8 Å². The van der Waals surface area contributed by atoms with Gasteiger partial charge in [0.1, 0.15) is 5.57 Å². The molecule has 2 aromatic carbocycles. The van der Waals surface area contributed by atoms with Gasteiger partial charge in [0.05, 0.1) is 11.3 Å². The largest absolute Gasteiger partial charge is 0.478 e. The van der Waals surface area contributed by atoms with Gasteiger partial charge in [-0.05, 0) is 86.9 Å². The number of hydrogen-bond donors (Lipinski definition) is 2. The Morgan fingerprint density at radius 3 is 2.37 bits per heavy atom.